The summed E-state index contributed by atoms with van der Waals surface area (Å²) < 4.78 is 14.2. The molecule has 4 aliphatic heterocycles. The van der Waals surface area contributed by atoms with Crippen LogP contribution in [0.3, 0.4) is 0 Å². The number of thioether (sulfide) groups is 1. The zero-order valence-corrected chi connectivity index (χ0v) is 36.1. The van der Waals surface area contributed by atoms with Crippen molar-refractivity contribution in [2.45, 2.75) is 123 Å². The number of nitrogens with zero attached hydrogens (tertiary/aromatic N) is 5. The van der Waals surface area contributed by atoms with Gasteiger partial charge in [-0.2, -0.15) is 5.43 Å². The average Bonchev–Trinajstić information content (AvgIpc) is 3.68. The Morgan fingerprint density at radius 3 is 2.64 bits per heavy atom. The minimum Gasteiger partial charge on any atom is -0.462 e. The van der Waals surface area contributed by atoms with E-state index >= 15 is 0 Å². The monoisotopic (exact) mass is 817 g/mol. The van der Waals surface area contributed by atoms with E-state index in [1.807, 2.05) is 20.8 Å². The second-order valence-corrected chi connectivity index (χ2v) is 18.8. The molecule has 1 aromatic carbocycles. The number of benzene rings is 1. The number of likely N-dealkylation sites (N-methyl/N-ethyl adjacent to an activating group) is 1. The van der Waals surface area contributed by atoms with E-state index in [9.17, 15) is 24.3 Å². The van der Waals surface area contributed by atoms with Gasteiger partial charge in [0.2, 0.25) is 17.5 Å². The van der Waals surface area contributed by atoms with Gasteiger partial charge in [-0.1, -0.05) is 33.8 Å². The molecule has 6 bridgehead atoms. The van der Waals surface area contributed by atoms with Crippen molar-refractivity contribution in [3.05, 3.63) is 40.7 Å². The third-order valence-corrected chi connectivity index (χ3v) is 13.4. The second kappa shape index (κ2) is 16.2. The number of fused-ring (bicyclic) bond motifs is 6. The van der Waals surface area contributed by atoms with Crippen molar-refractivity contribution in [1.82, 2.24) is 25.2 Å². The Hall–Kier alpha value is -4.05. The van der Waals surface area contributed by atoms with Crippen molar-refractivity contribution in [3.8, 4) is 0 Å². The lowest BCUT2D eigenvalue weighted by Gasteiger charge is -2.40. The van der Waals surface area contributed by atoms with E-state index in [1.54, 1.807) is 25.9 Å². The van der Waals surface area contributed by atoms with Crippen molar-refractivity contribution >= 4 is 62.7 Å². The molecular weight excluding hydrogens is 759 g/mol. The van der Waals surface area contributed by atoms with Crippen LogP contribution >= 0.6 is 11.8 Å². The van der Waals surface area contributed by atoms with Crippen molar-refractivity contribution in [2.24, 2.45) is 27.2 Å². The lowest BCUT2D eigenvalue weighted by Crippen LogP contribution is -2.67. The number of nitrogens with one attached hydrogen (secondary N) is 2. The van der Waals surface area contributed by atoms with Crippen LogP contribution in [0.5, 0.6) is 0 Å². The molecule has 1 unspecified atom stereocenters. The fraction of sp³-hybridized carbons (Fsp3) is 0.628. The Labute approximate surface area is 345 Å². The molecule has 2 aromatic rings. The maximum Gasteiger partial charge on any atom is 0.355 e. The van der Waals surface area contributed by atoms with Gasteiger partial charge in [0.15, 0.2) is 0 Å². The number of ether oxygens (including phenoxy) is 2. The number of methoxy groups -OCH3 is 1. The van der Waals surface area contributed by atoms with Crippen molar-refractivity contribution in [2.75, 3.05) is 33.1 Å². The highest BCUT2D eigenvalue weighted by molar-refractivity contribution is 8.14. The van der Waals surface area contributed by atoms with E-state index < -0.39 is 41.0 Å². The summed E-state index contributed by atoms with van der Waals surface area (Å²) in [7, 11) is 3.29. The Balaban J connectivity index is 1.34. The highest BCUT2D eigenvalue weighted by atomic mass is 32.2. The third kappa shape index (κ3) is 8.11. The van der Waals surface area contributed by atoms with Gasteiger partial charge >= 0.3 is 5.97 Å². The van der Waals surface area contributed by atoms with Gasteiger partial charge in [-0.25, -0.2) is 4.79 Å². The van der Waals surface area contributed by atoms with Crippen molar-refractivity contribution in [1.29, 1.82) is 0 Å². The Morgan fingerprint density at radius 1 is 1.19 bits per heavy atom. The Kier molecular flexibility index (Phi) is 11.7. The number of carbonyl (C=O) groups is 4. The first kappa shape index (κ1) is 42.1. The number of cyclic esters (lactones) is 1. The summed E-state index contributed by atoms with van der Waals surface area (Å²) in [6.45, 7) is 14.4. The Morgan fingerprint density at radius 2 is 1.95 bits per heavy atom. The molecule has 0 spiro atoms. The molecule has 1 saturated carbocycles. The number of amides is 3. The number of hydrazine groups is 1. The highest BCUT2D eigenvalue weighted by Gasteiger charge is 2.46. The molecule has 15 heteroatoms. The predicted molar refractivity (Wildman–Crippen MR) is 225 cm³/mol. The zero-order valence-electron chi connectivity index (χ0n) is 35.3. The number of carbonyl (C=O) groups excluding carboxylic acids is 4. The van der Waals surface area contributed by atoms with Crippen LogP contribution in [0.25, 0.3) is 16.5 Å². The SMILES string of the molecule is CCn1c(C2=C([C@H](C)OC)N=C3C[C@@H]3C2)c2c3cc(ccc31)C1CSC(=N1)C[C@H](NC(=O)[C@H](C(C)C)N(C)C(C)=O)C(=O)N1CCC[C@@](O)(N1)C(=O)OCC(C)(C)C2. The van der Waals surface area contributed by atoms with E-state index in [-0.39, 0.29) is 50.0 Å². The van der Waals surface area contributed by atoms with Crippen LogP contribution in [-0.4, -0.2) is 111 Å². The summed E-state index contributed by atoms with van der Waals surface area (Å²) in [4.78, 5) is 66.2. The third-order valence-electron chi connectivity index (χ3n) is 12.3. The van der Waals surface area contributed by atoms with Gasteiger partial charge in [0.25, 0.3) is 5.91 Å². The number of aliphatic hydroxyl groups is 1. The summed E-state index contributed by atoms with van der Waals surface area (Å²) in [5.41, 5.74) is 7.86. The minimum atomic E-state index is -2.17. The number of hydrogen-bond donors (Lipinski definition) is 3. The largest absolute Gasteiger partial charge is 0.462 e. The van der Waals surface area contributed by atoms with Gasteiger partial charge < -0.3 is 29.4 Å². The number of aryl methyl sites for hydroxylation is 1. The molecule has 14 nitrogen and oxygen atoms in total. The van der Waals surface area contributed by atoms with Crippen LogP contribution in [0.15, 0.2) is 33.9 Å². The fourth-order valence-corrected chi connectivity index (χ4v) is 10.1. The molecule has 6 atom stereocenters. The molecule has 1 aromatic heterocycles. The molecule has 7 rings (SSSR count). The summed E-state index contributed by atoms with van der Waals surface area (Å²) in [5, 5.41) is 17.7. The van der Waals surface area contributed by atoms with Crippen LogP contribution < -0.4 is 10.7 Å². The number of hydrogen-bond acceptors (Lipinski definition) is 11. The van der Waals surface area contributed by atoms with Gasteiger partial charge in [0.1, 0.15) is 12.1 Å². The smallest absolute Gasteiger partial charge is 0.355 e. The standard InChI is InChI=1S/C43H59N7O7S/c1-10-49-34-13-12-26-16-28(34)30(38(49)29-17-27-18-31(27)45-36(29)24(4)56-9)20-42(6,7)22-57-41(54)43(55)14-11-15-50(47-43)40(53)32(19-35-44-33(26)21-58-35)46-39(52)37(23(2)3)48(8)25(5)51/h12-13,16,23-24,27,32-33,37,47,55H,10-11,14-15,17-22H2,1-9H3,(H,46,52)/t24-,27-,32-,33?,37-,43-/m0/s1. The van der Waals surface area contributed by atoms with Crippen molar-refractivity contribution in [3.63, 3.8) is 0 Å². The van der Waals surface area contributed by atoms with Gasteiger partial charge in [0, 0.05) is 86.3 Å². The molecular formula is C43H59N7O7S. The van der Waals surface area contributed by atoms with Crippen LogP contribution in [-0.2, 0) is 41.6 Å². The normalized spacial score (nSPS) is 27.0. The topological polar surface area (TPSA) is 167 Å². The quantitative estimate of drug-likeness (QED) is 0.318. The lowest BCUT2D eigenvalue weighted by molar-refractivity contribution is -0.189. The number of aromatic nitrogens is 1. The van der Waals surface area contributed by atoms with Gasteiger partial charge in [0.05, 0.1) is 35.2 Å². The fourth-order valence-electron chi connectivity index (χ4n) is 8.96. The number of allylic oxidation sites excluding steroid dienone is 1. The van der Waals surface area contributed by atoms with Crippen LogP contribution in [0.4, 0.5) is 0 Å². The van der Waals surface area contributed by atoms with E-state index in [0.29, 0.717) is 29.6 Å². The molecule has 3 amide bonds. The summed E-state index contributed by atoms with van der Waals surface area (Å²) in [6.07, 6.45) is 2.70. The first-order valence-corrected chi connectivity index (χ1v) is 21.6. The molecule has 58 heavy (non-hydrogen) atoms. The molecule has 314 valence electrons. The molecule has 5 aliphatic rings. The maximum atomic E-state index is 14.4. The van der Waals surface area contributed by atoms with Gasteiger partial charge in [-0.15, -0.1) is 11.8 Å². The van der Waals surface area contributed by atoms with E-state index in [0.717, 1.165) is 52.8 Å². The summed E-state index contributed by atoms with van der Waals surface area (Å²) >= 11 is 1.55. The molecule has 2 fully saturated rings. The lowest BCUT2D eigenvalue weighted by atomic mass is 9.83. The van der Waals surface area contributed by atoms with E-state index in [4.69, 9.17) is 19.5 Å². The summed E-state index contributed by atoms with van der Waals surface area (Å²) in [6, 6.07) is 4.46. The van der Waals surface area contributed by atoms with Crippen LogP contribution in [0.1, 0.15) is 103 Å². The zero-order chi connectivity index (χ0) is 41.8. The van der Waals surface area contributed by atoms with Crippen molar-refractivity contribution < 1.29 is 33.8 Å². The van der Waals surface area contributed by atoms with Gasteiger partial charge in [-0.05, 0) is 68.7 Å². The number of rotatable bonds is 8. The second-order valence-electron chi connectivity index (χ2n) is 17.7. The molecule has 3 N–H and O–H groups in total. The Bertz CT molecular complexity index is 2110. The average molecular weight is 818 g/mol. The van der Waals surface area contributed by atoms with Gasteiger partial charge in [-0.3, -0.25) is 29.4 Å². The number of esters is 1. The number of aliphatic imine (C=N–C) groups is 2. The molecule has 5 heterocycles. The van der Waals surface area contributed by atoms with E-state index in [2.05, 4.69) is 54.3 Å². The van der Waals surface area contributed by atoms with Crippen LogP contribution in [0, 0.1) is 17.3 Å². The predicted octanol–water partition coefficient (Wildman–Crippen LogP) is 4.78. The maximum absolute atomic E-state index is 14.4. The molecule has 1 aliphatic carbocycles. The summed E-state index contributed by atoms with van der Waals surface area (Å²) in [5.74, 6) is -1.31. The first-order valence-electron chi connectivity index (χ1n) is 20.7. The van der Waals surface area contributed by atoms with Crippen LogP contribution in [0.2, 0.25) is 0 Å². The first-order chi connectivity index (χ1) is 27.4. The molecule has 0 radical (unpaired) electrons. The van der Waals surface area contributed by atoms with E-state index in [1.165, 1.54) is 28.1 Å². The minimum absolute atomic E-state index is 0.0128. The molecule has 1 saturated heterocycles. The highest BCUT2D eigenvalue weighted by Crippen LogP contribution is 2.48.